The fraction of sp³-hybridized carbons (Fsp3) is 0.714. The van der Waals surface area contributed by atoms with E-state index in [-0.39, 0.29) is 35.6 Å². The van der Waals surface area contributed by atoms with Crippen LogP contribution in [-0.2, 0) is 14.3 Å². The Kier molecular flexibility index (Phi) is 3.73. The first-order valence-electron chi connectivity index (χ1n) is 6.66. The van der Waals surface area contributed by atoms with Crippen LogP contribution in [-0.4, -0.2) is 23.0 Å². The molecular formula is C14H20O4. The van der Waals surface area contributed by atoms with Crippen molar-refractivity contribution in [1.82, 2.24) is 0 Å². The minimum absolute atomic E-state index is 0.0381. The summed E-state index contributed by atoms with van der Waals surface area (Å²) in [5.41, 5.74) is -0.104. The van der Waals surface area contributed by atoms with Gasteiger partial charge in [-0.05, 0) is 25.7 Å². The zero-order valence-corrected chi connectivity index (χ0v) is 10.9. The fourth-order valence-corrected chi connectivity index (χ4v) is 2.75. The van der Waals surface area contributed by atoms with Crippen molar-refractivity contribution in [3.8, 4) is 0 Å². The van der Waals surface area contributed by atoms with E-state index in [9.17, 15) is 14.7 Å². The summed E-state index contributed by atoms with van der Waals surface area (Å²) in [7, 11) is 0. The van der Waals surface area contributed by atoms with Crippen LogP contribution in [0.15, 0.2) is 11.3 Å². The van der Waals surface area contributed by atoms with E-state index in [2.05, 4.69) is 6.92 Å². The second-order valence-electron chi connectivity index (χ2n) is 5.56. The second kappa shape index (κ2) is 5.12. The Bertz CT molecular complexity index is 369. The molecular weight excluding hydrogens is 232 g/mol. The van der Waals surface area contributed by atoms with Crippen molar-refractivity contribution in [1.29, 1.82) is 0 Å². The van der Waals surface area contributed by atoms with Gasteiger partial charge in [-0.2, -0.15) is 0 Å². The van der Waals surface area contributed by atoms with Crippen molar-refractivity contribution >= 4 is 11.8 Å². The van der Waals surface area contributed by atoms with Crippen LogP contribution in [0, 0.1) is 11.8 Å². The number of aliphatic hydroxyl groups excluding tert-OH is 1. The number of cyclic esters (lactones) is 1. The molecule has 18 heavy (non-hydrogen) atoms. The van der Waals surface area contributed by atoms with Gasteiger partial charge in [0.1, 0.15) is 17.4 Å². The summed E-state index contributed by atoms with van der Waals surface area (Å²) in [6, 6.07) is 0. The Labute approximate surface area is 107 Å². The lowest BCUT2D eigenvalue weighted by molar-refractivity contribution is -0.150. The van der Waals surface area contributed by atoms with Crippen molar-refractivity contribution < 1.29 is 19.4 Å². The highest BCUT2D eigenvalue weighted by atomic mass is 16.5. The van der Waals surface area contributed by atoms with Crippen molar-refractivity contribution in [2.75, 3.05) is 0 Å². The molecule has 0 bridgehead atoms. The third-order valence-electron chi connectivity index (χ3n) is 3.92. The number of carbonyl (C=O) groups is 2. The van der Waals surface area contributed by atoms with Crippen molar-refractivity contribution in [3.63, 3.8) is 0 Å². The van der Waals surface area contributed by atoms with Gasteiger partial charge in [-0.25, -0.2) is 4.79 Å². The van der Waals surface area contributed by atoms with Gasteiger partial charge >= 0.3 is 5.97 Å². The van der Waals surface area contributed by atoms with E-state index in [0.717, 1.165) is 25.7 Å². The molecule has 0 unspecified atom stereocenters. The van der Waals surface area contributed by atoms with Crippen molar-refractivity contribution in [2.45, 2.75) is 52.1 Å². The average molecular weight is 252 g/mol. The third-order valence-corrected chi connectivity index (χ3v) is 3.92. The third kappa shape index (κ3) is 2.57. The number of hydrogen-bond acceptors (Lipinski definition) is 4. The predicted octanol–water partition coefficient (Wildman–Crippen LogP) is 2.53. The summed E-state index contributed by atoms with van der Waals surface area (Å²) < 4.78 is 5.02. The van der Waals surface area contributed by atoms with E-state index >= 15 is 0 Å². The molecule has 1 saturated carbocycles. The summed E-state index contributed by atoms with van der Waals surface area (Å²) in [6.45, 7) is 3.87. The molecule has 0 aromatic heterocycles. The Morgan fingerprint density at radius 2 is 1.78 bits per heavy atom. The molecule has 0 radical (unpaired) electrons. The molecule has 0 aromatic rings. The zero-order chi connectivity index (χ0) is 13.3. The Morgan fingerprint density at radius 3 is 2.33 bits per heavy atom. The van der Waals surface area contributed by atoms with E-state index in [1.165, 1.54) is 0 Å². The van der Waals surface area contributed by atoms with E-state index in [4.69, 9.17) is 4.74 Å². The lowest BCUT2D eigenvalue weighted by Crippen LogP contribution is -2.32. The standard InChI is InChI=1S/C14H20O4/c1-8-3-5-10(6-4-8)13(16)12-11(15)7-9(2)18-14(12)17/h8-10,16H,3-7H2,1-2H3/b13-12+/t8?,9-,10?/m1/s1. The zero-order valence-electron chi connectivity index (χ0n) is 10.9. The highest BCUT2D eigenvalue weighted by Gasteiger charge is 2.35. The molecule has 2 rings (SSSR count). The molecule has 100 valence electrons. The van der Waals surface area contributed by atoms with Gasteiger partial charge in [0.25, 0.3) is 0 Å². The van der Waals surface area contributed by atoms with Gasteiger partial charge in [-0.3, -0.25) is 4.79 Å². The van der Waals surface area contributed by atoms with Crippen LogP contribution in [0.5, 0.6) is 0 Å². The largest absolute Gasteiger partial charge is 0.511 e. The molecule has 4 nitrogen and oxygen atoms in total. The lowest BCUT2D eigenvalue weighted by Gasteiger charge is -2.28. The molecule has 0 spiro atoms. The molecule has 2 fully saturated rings. The van der Waals surface area contributed by atoms with Crippen LogP contribution >= 0.6 is 0 Å². The molecule has 1 aliphatic heterocycles. The van der Waals surface area contributed by atoms with Gasteiger partial charge in [0.2, 0.25) is 0 Å². The molecule has 1 atom stereocenters. The average Bonchev–Trinajstić information content (AvgIpc) is 2.28. The first-order valence-corrected chi connectivity index (χ1v) is 6.66. The van der Waals surface area contributed by atoms with E-state index < -0.39 is 5.97 Å². The molecule has 2 aliphatic rings. The van der Waals surface area contributed by atoms with Gasteiger partial charge < -0.3 is 9.84 Å². The highest BCUT2D eigenvalue weighted by Crippen LogP contribution is 2.34. The molecule has 1 saturated heterocycles. The maximum absolute atomic E-state index is 11.8. The predicted molar refractivity (Wildman–Crippen MR) is 66.0 cm³/mol. The lowest BCUT2D eigenvalue weighted by atomic mass is 9.80. The number of ketones is 1. The van der Waals surface area contributed by atoms with Gasteiger partial charge in [-0.15, -0.1) is 0 Å². The minimum atomic E-state index is -0.658. The van der Waals surface area contributed by atoms with Crippen molar-refractivity contribution in [3.05, 3.63) is 11.3 Å². The van der Waals surface area contributed by atoms with Crippen LogP contribution in [0.4, 0.5) is 0 Å². The monoisotopic (exact) mass is 252 g/mol. The summed E-state index contributed by atoms with van der Waals surface area (Å²) in [4.78, 5) is 23.5. The van der Waals surface area contributed by atoms with Crippen LogP contribution in [0.3, 0.4) is 0 Å². The van der Waals surface area contributed by atoms with Gasteiger partial charge in [0.05, 0.1) is 0 Å². The summed E-state index contributed by atoms with van der Waals surface area (Å²) in [5.74, 6) is -0.372. The number of hydrogen-bond donors (Lipinski definition) is 1. The van der Waals surface area contributed by atoms with Gasteiger partial charge in [-0.1, -0.05) is 19.8 Å². The van der Waals surface area contributed by atoms with Crippen LogP contribution in [0.25, 0.3) is 0 Å². The number of aliphatic hydroxyl groups is 1. The maximum Gasteiger partial charge on any atom is 0.345 e. The molecule has 1 aliphatic carbocycles. The normalized spacial score (nSPS) is 36.2. The SMILES string of the molecule is CC1CCC(/C(O)=C2/C(=O)C[C@@H](C)OC2=O)CC1. The van der Waals surface area contributed by atoms with E-state index in [1.807, 2.05) is 0 Å². The van der Waals surface area contributed by atoms with Crippen LogP contribution in [0.1, 0.15) is 46.0 Å². The number of carbonyl (C=O) groups excluding carboxylic acids is 2. The number of allylic oxidation sites excluding steroid dienone is 1. The van der Waals surface area contributed by atoms with Gasteiger partial charge in [0, 0.05) is 12.3 Å². The van der Waals surface area contributed by atoms with Crippen LogP contribution in [0.2, 0.25) is 0 Å². The first kappa shape index (κ1) is 13.1. The Morgan fingerprint density at radius 1 is 1.17 bits per heavy atom. The van der Waals surface area contributed by atoms with Gasteiger partial charge in [0.15, 0.2) is 5.78 Å². The number of ether oxygens (including phenoxy) is 1. The quantitative estimate of drug-likeness (QED) is 0.337. The molecule has 1 heterocycles. The number of esters is 1. The van der Waals surface area contributed by atoms with E-state index in [0.29, 0.717) is 5.92 Å². The summed E-state index contributed by atoms with van der Waals surface area (Å²) in [6.07, 6.45) is 3.53. The topological polar surface area (TPSA) is 63.6 Å². The molecule has 1 N–H and O–H groups in total. The maximum atomic E-state index is 11.8. The molecule has 0 aromatic carbocycles. The number of rotatable bonds is 1. The van der Waals surface area contributed by atoms with Crippen LogP contribution < -0.4 is 0 Å². The molecule has 4 heteroatoms. The molecule has 0 amide bonds. The minimum Gasteiger partial charge on any atom is -0.511 e. The summed E-state index contributed by atoms with van der Waals surface area (Å²) >= 11 is 0. The van der Waals surface area contributed by atoms with E-state index in [1.54, 1.807) is 6.92 Å². The fourth-order valence-electron chi connectivity index (χ4n) is 2.75. The second-order valence-corrected chi connectivity index (χ2v) is 5.56. The smallest absolute Gasteiger partial charge is 0.345 e. The summed E-state index contributed by atoms with van der Waals surface area (Å²) in [5, 5.41) is 10.2. The Balaban J connectivity index is 2.18. The number of Topliss-reactive ketones (excluding diaryl/α,β-unsaturated/α-hetero) is 1. The van der Waals surface area contributed by atoms with Crippen molar-refractivity contribution in [2.24, 2.45) is 11.8 Å². The Hall–Kier alpha value is -1.32. The highest BCUT2D eigenvalue weighted by molar-refractivity contribution is 6.19. The first-order chi connectivity index (χ1) is 8.49.